The number of carbonyl (C=O) groups excluding carboxylic acids is 1. The van der Waals surface area contributed by atoms with E-state index in [2.05, 4.69) is 24.0 Å². The fourth-order valence-electron chi connectivity index (χ4n) is 2.07. The van der Waals surface area contributed by atoms with Crippen molar-refractivity contribution in [2.45, 2.75) is 33.6 Å². The van der Waals surface area contributed by atoms with E-state index in [1.807, 2.05) is 11.8 Å². The van der Waals surface area contributed by atoms with E-state index >= 15 is 0 Å². The molecule has 0 atom stereocenters. The monoisotopic (exact) mass is 236 g/mol. The van der Waals surface area contributed by atoms with Crippen molar-refractivity contribution < 1.29 is 4.79 Å². The van der Waals surface area contributed by atoms with E-state index in [0.717, 1.165) is 31.6 Å². The van der Waals surface area contributed by atoms with Gasteiger partial charge in [-0.3, -0.25) is 9.89 Å². The zero-order valence-electron chi connectivity index (χ0n) is 10.7. The lowest BCUT2D eigenvalue weighted by molar-refractivity contribution is 0.0625. The van der Waals surface area contributed by atoms with Gasteiger partial charge in [0, 0.05) is 13.1 Å². The number of H-pyrrole nitrogens is 1. The largest absolute Gasteiger partial charge is 0.395 e. The fraction of sp³-hybridized carbons (Fsp3) is 0.667. The molecule has 1 saturated heterocycles. The second-order valence-corrected chi connectivity index (χ2v) is 5.57. The maximum absolute atomic E-state index is 12.2. The summed E-state index contributed by atoms with van der Waals surface area (Å²) in [5.41, 5.74) is 7.75. The molecule has 17 heavy (non-hydrogen) atoms. The summed E-state index contributed by atoms with van der Waals surface area (Å²) < 4.78 is 0. The van der Waals surface area contributed by atoms with E-state index < -0.39 is 0 Å². The minimum absolute atomic E-state index is 0.0534. The molecule has 0 bridgehead atoms. The van der Waals surface area contributed by atoms with Crippen LogP contribution in [0.15, 0.2) is 0 Å². The lowest BCUT2D eigenvalue weighted by Crippen LogP contribution is -2.41. The molecule has 3 N–H and O–H groups in total. The number of aromatic amines is 1. The van der Waals surface area contributed by atoms with Gasteiger partial charge in [-0.2, -0.15) is 5.10 Å². The Labute approximate surface area is 101 Å². The van der Waals surface area contributed by atoms with Crippen molar-refractivity contribution >= 4 is 11.6 Å². The van der Waals surface area contributed by atoms with Gasteiger partial charge < -0.3 is 10.6 Å². The third-order valence-electron chi connectivity index (χ3n) is 3.60. The minimum atomic E-state index is -0.0534. The van der Waals surface area contributed by atoms with E-state index in [1.165, 1.54) is 0 Å². The number of carbonyl (C=O) groups is 1. The Hall–Kier alpha value is -1.52. The first-order chi connectivity index (χ1) is 7.91. The second-order valence-electron chi connectivity index (χ2n) is 5.57. The Bertz CT molecular complexity index is 426. The Morgan fingerprint density at radius 1 is 1.41 bits per heavy atom. The van der Waals surface area contributed by atoms with Gasteiger partial charge in [0.05, 0.1) is 11.4 Å². The molecule has 1 aliphatic heterocycles. The molecule has 2 heterocycles. The predicted molar refractivity (Wildman–Crippen MR) is 66.7 cm³/mol. The normalized spacial score (nSPS) is 19.4. The Kier molecular flexibility index (Phi) is 2.85. The lowest BCUT2D eigenvalue weighted by Gasteiger charge is -2.36. The van der Waals surface area contributed by atoms with Crippen molar-refractivity contribution in [2.75, 3.05) is 18.8 Å². The minimum Gasteiger partial charge on any atom is -0.395 e. The highest BCUT2D eigenvalue weighted by Gasteiger charge is 2.30. The van der Waals surface area contributed by atoms with Crippen molar-refractivity contribution in [3.8, 4) is 0 Å². The second kappa shape index (κ2) is 4.05. The molecule has 1 amide bonds. The van der Waals surface area contributed by atoms with Gasteiger partial charge >= 0.3 is 0 Å². The molecule has 0 unspecified atom stereocenters. The molecule has 1 aliphatic rings. The molecule has 0 radical (unpaired) electrons. The van der Waals surface area contributed by atoms with Crippen LogP contribution in [0.5, 0.6) is 0 Å². The van der Waals surface area contributed by atoms with Crippen LogP contribution >= 0.6 is 0 Å². The highest BCUT2D eigenvalue weighted by molar-refractivity contribution is 5.97. The number of anilines is 1. The van der Waals surface area contributed by atoms with Crippen LogP contribution in [0.2, 0.25) is 0 Å². The summed E-state index contributed by atoms with van der Waals surface area (Å²) >= 11 is 0. The van der Waals surface area contributed by atoms with Crippen molar-refractivity contribution in [1.82, 2.24) is 15.1 Å². The molecule has 0 spiro atoms. The molecule has 94 valence electrons. The molecule has 1 aromatic rings. The number of hydrogen-bond donors (Lipinski definition) is 2. The molecule has 1 aromatic heterocycles. The SMILES string of the molecule is Cc1[nH]nc(C(=O)N2CCC(C)(C)CC2)c1N. The standard InChI is InChI=1S/C12H20N4O/c1-8-9(13)10(15-14-8)11(17)16-6-4-12(2,3)5-7-16/h4-7,13H2,1-3H3,(H,14,15). The number of hydrogen-bond acceptors (Lipinski definition) is 3. The summed E-state index contributed by atoms with van der Waals surface area (Å²) in [7, 11) is 0. The highest BCUT2D eigenvalue weighted by atomic mass is 16.2. The number of nitrogen functional groups attached to an aromatic ring is 1. The van der Waals surface area contributed by atoms with Crippen molar-refractivity contribution in [2.24, 2.45) is 5.41 Å². The molecule has 5 nitrogen and oxygen atoms in total. The number of aryl methyl sites for hydroxylation is 1. The van der Waals surface area contributed by atoms with Gasteiger partial charge in [-0.15, -0.1) is 0 Å². The average Bonchev–Trinajstić information content (AvgIpc) is 2.59. The zero-order chi connectivity index (χ0) is 12.6. The number of likely N-dealkylation sites (tertiary alicyclic amines) is 1. The fourth-order valence-corrected chi connectivity index (χ4v) is 2.07. The van der Waals surface area contributed by atoms with E-state index in [0.29, 0.717) is 16.8 Å². The summed E-state index contributed by atoms with van der Waals surface area (Å²) in [6.45, 7) is 7.87. The van der Waals surface area contributed by atoms with Crippen molar-refractivity contribution in [3.05, 3.63) is 11.4 Å². The lowest BCUT2D eigenvalue weighted by atomic mass is 9.82. The molecule has 2 rings (SSSR count). The smallest absolute Gasteiger partial charge is 0.276 e. The molecule has 0 saturated carbocycles. The average molecular weight is 236 g/mol. The first-order valence-electron chi connectivity index (χ1n) is 6.00. The molecule has 0 aliphatic carbocycles. The van der Waals surface area contributed by atoms with E-state index in [4.69, 9.17) is 5.73 Å². The van der Waals surface area contributed by atoms with Crippen LogP contribution < -0.4 is 5.73 Å². The predicted octanol–water partition coefficient (Wildman–Crippen LogP) is 1.56. The van der Waals surface area contributed by atoms with Crippen LogP contribution in [0.3, 0.4) is 0 Å². The summed E-state index contributed by atoms with van der Waals surface area (Å²) in [5.74, 6) is -0.0534. The summed E-state index contributed by atoms with van der Waals surface area (Å²) in [6, 6.07) is 0. The van der Waals surface area contributed by atoms with Gasteiger partial charge in [0.25, 0.3) is 5.91 Å². The van der Waals surface area contributed by atoms with Gasteiger partial charge in [0.15, 0.2) is 5.69 Å². The van der Waals surface area contributed by atoms with Gasteiger partial charge in [-0.1, -0.05) is 13.8 Å². The van der Waals surface area contributed by atoms with Crippen molar-refractivity contribution in [1.29, 1.82) is 0 Å². The third kappa shape index (κ3) is 2.28. The Balaban J connectivity index is 2.10. The topological polar surface area (TPSA) is 75.0 Å². The first-order valence-corrected chi connectivity index (χ1v) is 6.00. The molecular formula is C12H20N4O. The number of nitrogens with two attached hydrogens (primary N) is 1. The summed E-state index contributed by atoms with van der Waals surface area (Å²) in [4.78, 5) is 14.1. The quantitative estimate of drug-likeness (QED) is 0.777. The number of amides is 1. The number of rotatable bonds is 1. The van der Waals surface area contributed by atoms with Crippen LogP contribution in [0.25, 0.3) is 0 Å². The van der Waals surface area contributed by atoms with E-state index in [1.54, 1.807) is 0 Å². The van der Waals surface area contributed by atoms with Crippen LogP contribution in [0.4, 0.5) is 5.69 Å². The molecular weight excluding hydrogens is 216 g/mol. The number of piperidine rings is 1. The Morgan fingerprint density at radius 2 is 2.00 bits per heavy atom. The van der Waals surface area contributed by atoms with Crippen LogP contribution in [-0.4, -0.2) is 34.1 Å². The molecule has 5 heteroatoms. The number of aromatic nitrogens is 2. The third-order valence-corrected chi connectivity index (χ3v) is 3.60. The maximum atomic E-state index is 12.2. The van der Waals surface area contributed by atoms with E-state index in [9.17, 15) is 4.79 Å². The summed E-state index contributed by atoms with van der Waals surface area (Å²) in [6.07, 6.45) is 2.06. The maximum Gasteiger partial charge on any atom is 0.276 e. The van der Waals surface area contributed by atoms with Gasteiger partial charge in [0.2, 0.25) is 0 Å². The summed E-state index contributed by atoms with van der Waals surface area (Å²) in [5, 5.41) is 6.74. The van der Waals surface area contributed by atoms with Crippen molar-refractivity contribution in [3.63, 3.8) is 0 Å². The van der Waals surface area contributed by atoms with Gasteiger partial charge in [0.1, 0.15) is 0 Å². The van der Waals surface area contributed by atoms with Crippen LogP contribution in [-0.2, 0) is 0 Å². The van der Waals surface area contributed by atoms with Gasteiger partial charge in [-0.25, -0.2) is 0 Å². The highest BCUT2D eigenvalue weighted by Crippen LogP contribution is 2.30. The molecule has 0 aromatic carbocycles. The first kappa shape index (κ1) is 12.0. The van der Waals surface area contributed by atoms with Crippen LogP contribution in [0, 0.1) is 12.3 Å². The van der Waals surface area contributed by atoms with E-state index in [-0.39, 0.29) is 5.91 Å². The zero-order valence-corrected chi connectivity index (χ0v) is 10.7. The number of nitrogens with one attached hydrogen (secondary N) is 1. The molecule has 1 fully saturated rings. The Morgan fingerprint density at radius 3 is 2.47 bits per heavy atom. The van der Waals surface area contributed by atoms with Gasteiger partial charge in [-0.05, 0) is 25.2 Å². The number of nitrogens with zero attached hydrogens (tertiary/aromatic N) is 2. The van der Waals surface area contributed by atoms with Crippen LogP contribution in [0.1, 0.15) is 42.9 Å².